The molecule has 8 heteroatoms. The van der Waals surface area contributed by atoms with Gasteiger partial charge in [0.15, 0.2) is 9.84 Å². The molecule has 1 saturated heterocycles. The van der Waals surface area contributed by atoms with E-state index in [4.69, 9.17) is 4.74 Å². The molecular weight excluding hydrogens is 426 g/mol. The summed E-state index contributed by atoms with van der Waals surface area (Å²) in [5.41, 5.74) is 2.46. The maximum Gasteiger partial charge on any atom is 0.236 e. The molecule has 1 aliphatic rings. The van der Waals surface area contributed by atoms with Gasteiger partial charge in [-0.2, -0.15) is 0 Å². The van der Waals surface area contributed by atoms with Gasteiger partial charge in [-0.25, -0.2) is 8.42 Å². The van der Waals surface area contributed by atoms with Crippen LogP contribution in [0.5, 0.6) is 5.75 Å². The second-order valence-electron chi connectivity index (χ2n) is 8.39. The van der Waals surface area contributed by atoms with Gasteiger partial charge in [-0.05, 0) is 56.3 Å². The third kappa shape index (κ3) is 6.97. The van der Waals surface area contributed by atoms with Gasteiger partial charge in [-0.3, -0.25) is 9.69 Å². The standard InChI is InChI=1S/C24H33N3O4S/c1-20-7-4-8-21(17-20)26-12-14-27(15-13-26)24(28)19-25(2)11-6-16-31-22-9-5-10-23(18-22)32(3,29)30/h4-5,7-10,17-18H,6,11-16,19H2,1-3H3. The molecule has 32 heavy (non-hydrogen) atoms. The first-order valence-electron chi connectivity index (χ1n) is 10.9. The van der Waals surface area contributed by atoms with Crippen molar-refractivity contribution >= 4 is 21.4 Å². The van der Waals surface area contributed by atoms with Crippen molar-refractivity contribution in [1.29, 1.82) is 0 Å². The number of carbonyl (C=O) groups is 1. The Bertz CT molecular complexity index is 1020. The average molecular weight is 460 g/mol. The lowest BCUT2D eigenvalue weighted by Gasteiger charge is -2.37. The number of hydrogen-bond donors (Lipinski definition) is 0. The zero-order valence-electron chi connectivity index (χ0n) is 19.2. The lowest BCUT2D eigenvalue weighted by Crippen LogP contribution is -2.51. The number of hydrogen-bond acceptors (Lipinski definition) is 6. The molecule has 0 radical (unpaired) electrons. The van der Waals surface area contributed by atoms with Crippen LogP contribution in [0.2, 0.25) is 0 Å². The highest BCUT2D eigenvalue weighted by atomic mass is 32.2. The maximum absolute atomic E-state index is 12.7. The summed E-state index contributed by atoms with van der Waals surface area (Å²) in [7, 11) is -1.31. The molecule has 174 valence electrons. The summed E-state index contributed by atoms with van der Waals surface area (Å²) in [6.45, 7) is 6.83. The molecule has 0 spiro atoms. The third-order valence-corrected chi connectivity index (χ3v) is 6.70. The largest absolute Gasteiger partial charge is 0.494 e. The summed E-state index contributed by atoms with van der Waals surface area (Å²) in [6, 6.07) is 15.0. The molecule has 2 aromatic rings. The monoisotopic (exact) mass is 459 g/mol. The van der Waals surface area contributed by atoms with Gasteiger partial charge >= 0.3 is 0 Å². The van der Waals surface area contributed by atoms with Crippen LogP contribution in [0.3, 0.4) is 0 Å². The number of amides is 1. The highest BCUT2D eigenvalue weighted by molar-refractivity contribution is 7.90. The Morgan fingerprint density at radius 2 is 1.78 bits per heavy atom. The summed E-state index contributed by atoms with van der Waals surface area (Å²) < 4.78 is 29.0. The molecule has 1 amide bonds. The number of benzene rings is 2. The zero-order chi connectivity index (χ0) is 23.1. The van der Waals surface area contributed by atoms with Gasteiger partial charge in [0.2, 0.25) is 5.91 Å². The van der Waals surface area contributed by atoms with Crippen molar-refractivity contribution in [3.63, 3.8) is 0 Å². The van der Waals surface area contributed by atoms with E-state index in [1.54, 1.807) is 24.3 Å². The fourth-order valence-corrected chi connectivity index (χ4v) is 4.42. The predicted octanol–water partition coefficient (Wildman–Crippen LogP) is 2.45. The molecule has 7 nitrogen and oxygen atoms in total. The molecule has 3 rings (SSSR count). The number of carbonyl (C=O) groups excluding carboxylic acids is 1. The van der Waals surface area contributed by atoms with Crippen molar-refractivity contribution < 1.29 is 17.9 Å². The topological polar surface area (TPSA) is 70.2 Å². The summed E-state index contributed by atoms with van der Waals surface area (Å²) in [6.07, 6.45) is 1.93. The van der Waals surface area contributed by atoms with Crippen molar-refractivity contribution in [2.24, 2.45) is 0 Å². The van der Waals surface area contributed by atoms with Gasteiger partial charge in [0, 0.05) is 44.7 Å². The van der Waals surface area contributed by atoms with Gasteiger partial charge in [0.1, 0.15) is 5.75 Å². The van der Waals surface area contributed by atoms with Crippen LogP contribution < -0.4 is 9.64 Å². The van der Waals surface area contributed by atoms with Crippen molar-refractivity contribution in [2.75, 3.05) is 64.1 Å². The Kier molecular flexibility index (Phi) is 8.15. The van der Waals surface area contributed by atoms with Crippen LogP contribution in [0, 0.1) is 6.92 Å². The van der Waals surface area contributed by atoms with Crippen molar-refractivity contribution in [2.45, 2.75) is 18.2 Å². The van der Waals surface area contributed by atoms with Crippen LogP contribution in [-0.4, -0.2) is 83.3 Å². The Labute approximate surface area is 191 Å². The third-order valence-electron chi connectivity index (χ3n) is 5.59. The first kappa shape index (κ1) is 24.1. The van der Waals surface area contributed by atoms with Crippen LogP contribution in [0.25, 0.3) is 0 Å². The van der Waals surface area contributed by atoms with Gasteiger partial charge in [0.05, 0.1) is 18.0 Å². The fraction of sp³-hybridized carbons (Fsp3) is 0.458. The minimum Gasteiger partial charge on any atom is -0.494 e. The minimum atomic E-state index is -3.25. The number of nitrogens with zero attached hydrogens (tertiary/aromatic N) is 3. The van der Waals surface area contributed by atoms with E-state index in [9.17, 15) is 13.2 Å². The van der Waals surface area contributed by atoms with Crippen LogP contribution in [0.1, 0.15) is 12.0 Å². The van der Waals surface area contributed by atoms with E-state index in [1.807, 2.05) is 16.8 Å². The molecule has 0 atom stereocenters. The Balaban J connectivity index is 1.36. The van der Waals surface area contributed by atoms with Crippen molar-refractivity contribution in [1.82, 2.24) is 9.80 Å². The van der Waals surface area contributed by atoms with Crippen LogP contribution >= 0.6 is 0 Å². The minimum absolute atomic E-state index is 0.151. The number of aryl methyl sites for hydroxylation is 1. The number of piperazine rings is 1. The number of anilines is 1. The highest BCUT2D eigenvalue weighted by Crippen LogP contribution is 2.19. The van der Waals surface area contributed by atoms with Crippen LogP contribution in [0.4, 0.5) is 5.69 Å². The van der Waals surface area contributed by atoms with Gasteiger partial charge < -0.3 is 14.5 Å². The Morgan fingerprint density at radius 1 is 1.06 bits per heavy atom. The van der Waals surface area contributed by atoms with Crippen molar-refractivity contribution in [3.8, 4) is 5.75 Å². The maximum atomic E-state index is 12.7. The van der Waals surface area contributed by atoms with Crippen LogP contribution in [0.15, 0.2) is 53.4 Å². The summed E-state index contributed by atoms with van der Waals surface area (Å²) in [5, 5.41) is 0. The van der Waals surface area contributed by atoms with E-state index in [0.29, 0.717) is 18.9 Å². The smallest absolute Gasteiger partial charge is 0.236 e. The normalized spacial score (nSPS) is 14.6. The molecule has 0 aliphatic carbocycles. The van der Waals surface area contributed by atoms with E-state index in [0.717, 1.165) is 39.1 Å². The second-order valence-corrected chi connectivity index (χ2v) is 10.4. The van der Waals surface area contributed by atoms with E-state index < -0.39 is 9.84 Å². The molecule has 1 heterocycles. The molecule has 0 N–H and O–H groups in total. The van der Waals surface area contributed by atoms with E-state index >= 15 is 0 Å². The fourth-order valence-electron chi connectivity index (χ4n) is 3.77. The molecule has 1 fully saturated rings. The van der Waals surface area contributed by atoms with E-state index in [2.05, 4.69) is 36.1 Å². The van der Waals surface area contributed by atoms with Gasteiger partial charge in [0.25, 0.3) is 0 Å². The molecule has 2 aromatic carbocycles. The number of rotatable bonds is 9. The summed E-state index contributed by atoms with van der Waals surface area (Å²) >= 11 is 0. The first-order valence-corrected chi connectivity index (χ1v) is 12.8. The quantitative estimate of drug-likeness (QED) is 0.537. The second kappa shape index (κ2) is 10.8. The molecule has 0 unspecified atom stereocenters. The Hall–Kier alpha value is -2.58. The molecular formula is C24H33N3O4S. The lowest BCUT2D eigenvalue weighted by molar-refractivity contribution is -0.132. The molecule has 0 bridgehead atoms. The zero-order valence-corrected chi connectivity index (χ0v) is 20.0. The molecule has 0 aromatic heterocycles. The van der Waals surface area contributed by atoms with Crippen molar-refractivity contribution in [3.05, 3.63) is 54.1 Å². The average Bonchev–Trinajstić information content (AvgIpc) is 2.76. The molecule has 0 saturated carbocycles. The molecule has 1 aliphatic heterocycles. The summed E-state index contributed by atoms with van der Waals surface area (Å²) in [4.78, 5) is 19.2. The SMILES string of the molecule is Cc1cccc(N2CCN(C(=O)CN(C)CCCOc3cccc(S(C)(=O)=O)c3)CC2)c1. The Morgan fingerprint density at radius 3 is 2.47 bits per heavy atom. The van der Waals surface area contributed by atoms with Crippen LogP contribution in [-0.2, 0) is 14.6 Å². The first-order chi connectivity index (χ1) is 15.2. The predicted molar refractivity (Wildman–Crippen MR) is 127 cm³/mol. The number of ether oxygens (including phenoxy) is 1. The van der Waals surface area contributed by atoms with Gasteiger partial charge in [-0.1, -0.05) is 18.2 Å². The van der Waals surface area contributed by atoms with E-state index in [1.165, 1.54) is 17.5 Å². The number of sulfone groups is 1. The number of likely N-dealkylation sites (N-methyl/N-ethyl adjacent to an activating group) is 1. The highest BCUT2D eigenvalue weighted by Gasteiger charge is 2.22. The lowest BCUT2D eigenvalue weighted by atomic mass is 10.2. The van der Waals surface area contributed by atoms with Gasteiger partial charge in [-0.15, -0.1) is 0 Å². The summed E-state index contributed by atoms with van der Waals surface area (Å²) in [5.74, 6) is 0.691. The van der Waals surface area contributed by atoms with E-state index in [-0.39, 0.29) is 10.8 Å².